The summed E-state index contributed by atoms with van der Waals surface area (Å²) in [7, 11) is -2.58. The molecule has 2 aromatic carbocycles. The average molecular weight is 536 g/mol. The number of hydrogen-bond donors (Lipinski definition) is 1. The predicted octanol–water partition coefficient (Wildman–Crippen LogP) is 5.66. The van der Waals surface area contributed by atoms with Crippen LogP contribution < -0.4 is 4.31 Å². The number of ether oxygens (including phenoxy) is 1. The van der Waals surface area contributed by atoms with Gasteiger partial charge in [0.1, 0.15) is 5.76 Å². The van der Waals surface area contributed by atoms with E-state index in [-0.39, 0.29) is 22.8 Å². The smallest absolute Gasteiger partial charge is 0.339 e. The van der Waals surface area contributed by atoms with Gasteiger partial charge in [-0.25, -0.2) is 14.8 Å². The number of benzene rings is 2. The Bertz CT molecular complexity index is 1510. The number of nitrogens with zero attached hydrogens (tertiary/aromatic N) is 3. The third-order valence-corrected chi connectivity index (χ3v) is 9.15. The third kappa shape index (κ3) is 4.53. The van der Waals surface area contributed by atoms with Crippen LogP contribution in [0.1, 0.15) is 63.9 Å². The quantitative estimate of drug-likeness (QED) is 0.264. The Kier molecular flexibility index (Phi) is 6.90. The second-order valence-corrected chi connectivity index (χ2v) is 12.1. The zero-order chi connectivity index (χ0) is 27.1. The Balaban J connectivity index is 1.52. The number of fused-ring (bicyclic) bond motifs is 1. The minimum absolute atomic E-state index is 0.0408. The number of aromatic nitrogens is 2. The van der Waals surface area contributed by atoms with Gasteiger partial charge in [-0.1, -0.05) is 57.0 Å². The topological polar surface area (TPSA) is 110 Å². The van der Waals surface area contributed by atoms with Gasteiger partial charge in [-0.05, 0) is 55.4 Å². The molecule has 0 bridgehead atoms. The van der Waals surface area contributed by atoms with Crippen molar-refractivity contribution >= 4 is 32.6 Å². The minimum Gasteiger partial charge on any atom is -0.507 e. The van der Waals surface area contributed by atoms with Crippen LogP contribution in [-0.2, 0) is 19.6 Å². The normalized spacial score (nSPS) is 18.0. The molecule has 0 amide bonds. The standard InChI is InChI=1S/C29H33N3O5S/c1-4-15-29(16-5-2)26(33)25(27(34)37-29)24(19-13-14-19)20-10-8-11-22(17-20)32(3)38(35,36)28-30-18-21-9-6-7-12-23(21)31-28/h6-12,17-19,24,33H,4-5,13-16H2,1-3H3. The van der Waals surface area contributed by atoms with Crippen LogP contribution in [0.3, 0.4) is 0 Å². The average Bonchev–Trinajstić information content (AvgIpc) is 3.72. The van der Waals surface area contributed by atoms with Crippen LogP contribution in [0.4, 0.5) is 5.69 Å². The van der Waals surface area contributed by atoms with Crippen molar-refractivity contribution < 1.29 is 23.1 Å². The van der Waals surface area contributed by atoms with E-state index in [1.54, 1.807) is 30.3 Å². The number of para-hydroxylation sites is 1. The van der Waals surface area contributed by atoms with Crippen molar-refractivity contribution in [3.8, 4) is 0 Å². The fraction of sp³-hybridized carbons (Fsp3) is 0.414. The number of anilines is 1. The Morgan fingerprint density at radius 1 is 1.11 bits per heavy atom. The highest BCUT2D eigenvalue weighted by Crippen LogP contribution is 2.52. The molecule has 2 heterocycles. The fourth-order valence-electron chi connectivity index (χ4n) is 5.53. The van der Waals surface area contributed by atoms with Crippen LogP contribution in [0.2, 0.25) is 0 Å². The first kappa shape index (κ1) is 26.2. The van der Waals surface area contributed by atoms with Gasteiger partial charge in [0, 0.05) is 24.5 Å². The fourth-order valence-corrected chi connectivity index (χ4v) is 6.56. The lowest BCUT2D eigenvalue weighted by Gasteiger charge is -2.27. The van der Waals surface area contributed by atoms with E-state index >= 15 is 0 Å². The van der Waals surface area contributed by atoms with Crippen molar-refractivity contribution in [3.05, 3.63) is 71.6 Å². The number of cyclic esters (lactones) is 1. The van der Waals surface area contributed by atoms with Crippen LogP contribution in [-0.4, -0.2) is 42.1 Å². The van der Waals surface area contributed by atoms with Crippen molar-refractivity contribution in [1.82, 2.24) is 9.97 Å². The Labute approximate surface area is 223 Å². The number of aliphatic hydroxyl groups excluding tert-OH is 1. The Hall–Kier alpha value is -3.46. The molecule has 1 atom stereocenters. The van der Waals surface area contributed by atoms with Gasteiger partial charge >= 0.3 is 5.97 Å². The summed E-state index contributed by atoms with van der Waals surface area (Å²) in [5.41, 5.74) is 1.07. The highest BCUT2D eigenvalue weighted by molar-refractivity contribution is 7.92. The third-order valence-electron chi connectivity index (χ3n) is 7.56. The molecule has 8 nitrogen and oxygen atoms in total. The van der Waals surface area contributed by atoms with Gasteiger partial charge in [0.15, 0.2) is 5.60 Å². The highest BCUT2D eigenvalue weighted by Gasteiger charge is 2.51. The molecule has 1 fully saturated rings. The molecular weight excluding hydrogens is 502 g/mol. The summed E-state index contributed by atoms with van der Waals surface area (Å²) < 4.78 is 34.0. The molecule has 1 saturated carbocycles. The van der Waals surface area contributed by atoms with Crippen molar-refractivity contribution in [2.75, 3.05) is 11.4 Å². The molecule has 3 aromatic rings. The number of carbonyl (C=O) groups excluding carboxylic acids is 1. The zero-order valence-corrected chi connectivity index (χ0v) is 22.7. The van der Waals surface area contributed by atoms with Gasteiger partial charge in [0.05, 0.1) is 16.8 Å². The summed E-state index contributed by atoms with van der Waals surface area (Å²) in [6.07, 6.45) is 6.02. The molecule has 0 radical (unpaired) electrons. The van der Waals surface area contributed by atoms with Gasteiger partial charge in [-0.2, -0.15) is 8.42 Å². The molecule has 1 aromatic heterocycles. The van der Waals surface area contributed by atoms with E-state index in [4.69, 9.17) is 4.74 Å². The van der Waals surface area contributed by atoms with Crippen molar-refractivity contribution in [1.29, 1.82) is 0 Å². The lowest BCUT2D eigenvalue weighted by Crippen LogP contribution is -2.31. The number of esters is 1. The first-order chi connectivity index (χ1) is 18.2. The lowest BCUT2D eigenvalue weighted by molar-refractivity contribution is -0.149. The van der Waals surface area contributed by atoms with Crippen LogP contribution in [0.25, 0.3) is 10.9 Å². The predicted molar refractivity (Wildman–Crippen MR) is 145 cm³/mol. The molecule has 1 aliphatic carbocycles. The molecule has 0 saturated heterocycles. The van der Waals surface area contributed by atoms with E-state index < -0.39 is 21.6 Å². The SMILES string of the molecule is CCCC1(CCC)OC(=O)C(C(c2cccc(N(C)S(=O)(=O)c3ncc4ccccc4n3)c2)C2CC2)=C1O. The van der Waals surface area contributed by atoms with Gasteiger partial charge in [-0.15, -0.1) is 0 Å². The molecule has 9 heteroatoms. The number of sulfonamides is 1. The summed E-state index contributed by atoms with van der Waals surface area (Å²) in [4.78, 5) is 21.6. The second kappa shape index (κ2) is 10.0. The second-order valence-electron chi connectivity index (χ2n) is 10.2. The van der Waals surface area contributed by atoms with E-state index in [9.17, 15) is 18.3 Å². The van der Waals surface area contributed by atoms with E-state index in [2.05, 4.69) is 9.97 Å². The maximum Gasteiger partial charge on any atom is 0.339 e. The van der Waals surface area contributed by atoms with Crippen LogP contribution in [0.5, 0.6) is 0 Å². The number of rotatable bonds is 10. The summed E-state index contributed by atoms with van der Waals surface area (Å²) >= 11 is 0. The summed E-state index contributed by atoms with van der Waals surface area (Å²) in [5, 5.41) is 11.9. The van der Waals surface area contributed by atoms with Crippen molar-refractivity contribution in [2.45, 2.75) is 69.0 Å². The van der Waals surface area contributed by atoms with Crippen LogP contribution >= 0.6 is 0 Å². The monoisotopic (exact) mass is 535 g/mol. The maximum atomic E-state index is 13.5. The van der Waals surface area contributed by atoms with Gasteiger partial charge < -0.3 is 9.84 Å². The van der Waals surface area contributed by atoms with E-state index in [0.29, 0.717) is 29.6 Å². The Morgan fingerprint density at radius 3 is 2.50 bits per heavy atom. The first-order valence-electron chi connectivity index (χ1n) is 13.2. The largest absolute Gasteiger partial charge is 0.507 e. The maximum absolute atomic E-state index is 13.5. The number of aliphatic hydroxyl groups is 1. The van der Waals surface area contributed by atoms with Crippen molar-refractivity contribution in [3.63, 3.8) is 0 Å². The number of hydrogen-bond acceptors (Lipinski definition) is 7. The molecule has 2 aliphatic rings. The lowest BCUT2D eigenvalue weighted by atomic mass is 9.82. The number of carbonyl (C=O) groups is 1. The Morgan fingerprint density at radius 2 is 1.82 bits per heavy atom. The zero-order valence-electron chi connectivity index (χ0n) is 21.9. The summed E-state index contributed by atoms with van der Waals surface area (Å²) in [6.45, 7) is 4.02. The van der Waals surface area contributed by atoms with Crippen LogP contribution in [0, 0.1) is 5.92 Å². The minimum atomic E-state index is -4.05. The van der Waals surface area contributed by atoms with Gasteiger partial charge in [0.25, 0.3) is 15.2 Å². The van der Waals surface area contributed by atoms with Gasteiger partial charge in [-0.3, -0.25) is 4.31 Å². The summed E-state index contributed by atoms with van der Waals surface area (Å²) in [6, 6.07) is 14.3. The van der Waals surface area contributed by atoms with Gasteiger partial charge in [0.2, 0.25) is 0 Å². The van der Waals surface area contributed by atoms with Crippen LogP contribution in [0.15, 0.2) is 71.2 Å². The highest BCUT2D eigenvalue weighted by atomic mass is 32.2. The molecule has 1 N–H and O–H groups in total. The summed E-state index contributed by atoms with van der Waals surface area (Å²) in [5.74, 6) is -0.623. The van der Waals surface area contributed by atoms with E-state index in [1.165, 1.54) is 13.2 Å². The molecule has 200 valence electrons. The molecule has 5 rings (SSSR count). The van der Waals surface area contributed by atoms with E-state index in [0.717, 1.165) is 40.9 Å². The molecule has 1 aliphatic heterocycles. The first-order valence-corrected chi connectivity index (χ1v) is 14.6. The van der Waals surface area contributed by atoms with E-state index in [1.807, 2.05) is 32.0 Å². The molecular formula is C29H33N3O5S. The molecule has 0 spiro atoms. The van der Waals surface area contributed by atoms with Crippen molar-refractivity contribution in [2.24, 2.45) is 5.92 Å². The molecule has 38 heavy (non-hydrogen) atoms. The molecule has 1 unspecified atom stereocenters.